The zero-order valence-electron chi connectivity index (χ0n) is 12.5. The van der Waals surface area contributed by atoms with Crippen LogP contribution in [0, 0.1) is 13.8 Å². The SMILES string of the molecule is COc1ccc(NCc2cc(C)c(OC)cc2C)cc1. The summed E-state index contributed by atoms with van der Waals surface area (Å²) in [6, 6.07) is 12.2. The molecule has 0 aliphatic heterocycles. The van der Waals surface area contributed by atoms with E-state index in [2.05, 4.69) is 31.3 Å². The van der Waals surface area contributed by atoms with Gasteiger partial charge in [0.2, 0.25) is 0 Å². The van der Waals surface area contributed by atoms with Gasteiger partial charge in [-0.2, -0.15) is 0 Å². The van der Waals surface area contributed by atoms with Crippen LogP contribution in [-0.2, 0) is 6.54 Å². The van der Waals surface area contributed by atoms with Gasteiger partial charge in [-0.15, -0.1) is 0 Å². The number of anilines is 1. The zero-order chi connectivity index (χ0) is 14.5. The van der Waals surface area contributed by atoms with E-state index in [9.17, 15) is 0 Å². The third-order valence-corrected chi connectivity index (χ3v) is 3.43. The summed E-state index contributed by atoms with van der Waals surface area (Å²) < 4.78 is 10.5. The molecule has 2 aromatic rings. The highest BCUT2D eigenvalue weighted by molar-refractivity contribution is 5.48. The van der Waals surface area contributed by atoms with Gasteiger partial charge < -0.3 is 14.8 Å². The van der Waals surface area contributed by atoms with Gasteiger partial charge in [0.1, 0.15) is 11.5 Å². The predicted molar refractivity (Wildman–Crippen MR) is 82.8 cm³/mol. The van der Waals surface area contributed by atoms with Crippen LogP contribution in [0.3, 0.4) is 0 Å². The molecule has 20 heavy (non-hydrogen) atoms. The third kappa shape index (κ3) is 3.23. The molecule has 0 aliphatic rings. The third-order valence-electron chi connectivity index (χ3n) is 3.43. The van der Waals surface area contributed by atoms with Gasteiger partial charge >= 0.3 is 0 Å². The van der Waals surface area contributed by atoms with Crippen molar-refractivity contribution < 1.29 is 9.47 Å². The molecule has 3 nitrogen and oxygen atoms in total. The fraction of sp³-hybridized carbons (Fsp3) is 0.294. The van der Waals surface area contributed by atoms with E-state index in [1.54, 1.807) is 14.2 Å². The van der Waals surface area contributed by atoms with E-state index in [1.807, 2.05) is 24.3 Å². The van der Waals surface area contributed by atoms with E-state index in [-0.39, 0.29) is 0 Å². The Hall–Kier alpha value is -2.16. The first-order valence-corrected chi connectivity index (χ1v) is 6.66. The van der Waals surface area contributed by atoms with Crippen LogP contribution in [-0.4, -0.2) is 14.2 Å². The Morgan fingerprint density at radius 1 is 0.900 bits per heavy atom. The van der Waals surface area contributed by atoms with Gasteiger partial charge in [0, 0.05) is 12.2 Å². The summed E-state index contributed by atoms with van der Waals surface area (Å²) in [6.45, 7) is 4.96. The molecule has 0 radical (unpaired) electrons. The smallest absolute Gasteiger partial charge is 0.122 e. The second-order valence-corrected chi connectivity index (χ2v) is 4.83. The van der Waals surface area contributed by atoms with Gasteiger partial charge in [0.05, 0.1) is 14.2 Å². The van der Waals surface area contributed by atoms with Crippen LogP contribution in [0.2, 0.25) is 0 Å². The highest BCUT2D eigenvalue weighted by atomic mass is 16.5. The number of hydrogen-bond donors (Lipinski definition) is 1. The first kappa shape index (κ1) is 14.3. The average molecular weight is 271 g/mol. The monoisotopic (exact) mass is 271 g/mol. The lowest BCUT2D eigenvalue weighted by molar-refractivity contribution is 0.411. The number of hydrogen-bond acceptors (Lipinski definition) is 3. The maximum atomic E-state index is 5.33. The average Bonchev–Trinajstić information content (AvgIpc) is 2.48. The Labute approximate surface area is 120 Å². The summed E-state index contributed by atoms with van der Waals surface area (Å²) >= 11 is 0. The summed E-state index contributed by atoms with van der Waals surface area (Å²) in [7, 11) is 3.38. The molecule has 0 atom stereocenters. The molecule has 0 heterocycles. The lowest BCUT2D eigenvalue weighted by Gasteiger charge is -2.13. The Morgan fingerprint density at radius 2 is 1.60 bits per heavy atom. The van der Waals surface area contributed by atoms with E-state index in [1.165, 1.54) is 11.1 Å². The fourth-order valence-corrected chi connectivity index (χ4v) is 2.17. The highest BCUT2D eigenvalue weighted by Gasteiger charge is 2.04. The van der Waals surface area contributed by atoms with Gasteiger partial charge in [-0.1, -0.05) is 6.07 Å². The Morgan fingerprint density at radius 3 is 2.20 bits per heavy atom. The van der Waals surface area contributed by atoms with Gasteiger partial charge in [-0.3, -0.25) is 0 Å². The maximum absolute atomic E-state index is 5.33. The molecule has 0 bridgehead atoms. The molecule has 2 rings (SSSR count). The maximum Gasteiger partial charge on any atom is 0.122 e. The molecule has 3 heteroatoms. The molecule has 0 saturated carbocycles. The van der Waals surface area contributed by atoms with Crippen molar-refractivity contribution >= 4 is 5.69 Å². The van der Waals surface area contributed by atoms with E-state index in [4.69, 9.17) is 9.47 Å². The van der Waals surface area contributed by atoms with Crippen LogP contribution in [0.15, 0.2) is 36.4 Å². The summed E-state index contributed by atoms with van der Waals surface area (Å²) in [6.07, 6.45) is 0. The lowest BCUT2D eigenvalue weighted by Crippen LogP contribution is -2.02. The molecule has 0 saturated heterocycles. The van der Waals surface area contributed by atoms with Crippen LogP contribution in [0.4, 0.5) is 5.69 Å². The second-order valence-electron chi connectivity index (χ2n) is 4.83. The molecule has 1 N–H and O–H groups in total. The lowest BCUT2D eigenvalue weighted by atomic mass is 10.0. The molecule has 0 unspecified atom stereocenters. The number of methoxy groups -OCH3 is 2. The van der Waals surface area contributed by atoms with Crippen molar-refractivity contribution in [2.45, 2.75) is 20.4 Å². The van der Waals surface area contributed by atoms with E-state index < -0.39 is 0 Å². The minimum absolute atomic E-state index is 0.795. The Kier molecular flexibility index (Phi) is 4.51. The van der Waals surface area contributed by atoms with E-state index >= 15 is 0 Å². The molecule has 0 spiro atoms. The zero-order valence-corrected chi connectivity index (χ0v) is 12.5. The van der Waals surface area contributed by atoms with Crippen molar-refractivity contribution in [1.29, 1.82) is 0 Å². The molecule has 106 valence electrons. The van der Waals surface area contributed by atoms with Crippen LogP contribution < -0.4 is 14.8 Å². The molecule has 0 fully saturated rings. The number of benzene rings is 2. The topological polar surface area (TPSA) is 30.5 Å². The molecular formula is C17H21NO2. The van der Waals surface area contributed by atoms with Crippen molar-refractivity contribution in [3.63, 3.8) is 0 Å². The van der Waals surface area contributed by atoms with Crippen LogP contribution in [0.1, 0.15) is 16.7 Å². The van der Waals surface area contributed by atoms with Crippen molar-refractivity contribution in [3.8, 4) is 11.5 Å². The first-order valence-electron chi connectivity index (χ1n) is 6.66. The van der Waals surface area contributed by atoms with Gasteiger partial charge in [0.15, 0.2) is 0 Å². The summed E-state index contributed by atoms with van der Waals surface area (Å²) in [5.74, 6) is 1.81. The first-order chi connectivity index (χ1) is 9.63. The minimum Gasteiger partial charge on any atom is -0.497 e. The Bertz CT molecular complexity index is 576. The van der Waals surface area contributed by atoms with Gasteiger partial charge in [-0.25, -0.2) is 0 Å². The largest absolute Gasteiger partial charge is 0.497 e. The van der Waals surface area contributed by atoms with Crippen molar-refractivity contribution in [2.24, 2.45) is 0 Å². The fourth-order valence-electron chi connectivity index (χ4n) is 2.17. The minimum atomic E-state index is 0.795. The molecule has 0 aromatic heterocycles. The number of nitrogens with one attached hydrogen (secondary N) is 1. The molecule has 2 aromatic carbocycles. The van der Waals surface area contributed by atoms with Crippen molar-refractivity contribution in [2.75, 3.05) is 19.5 Å². The number of aryl methyl sites for hydroxylation is 2. The van der Waals surface area contributed by atoms with E-state index in [0.717, 1.165) is 29.3 Å². The molecule has 0 aliphatic carbocycles. The summed E-state index contributed by atoms with van der Waals surface area (Å²) in [5.41, 5.74) is 4.75. The second kappa shape index (κ2) is 6.33. The van der Waals surface area contributed by atoms with Crippen LogP contribution >= 0.6 is 0 Å². The molecular weight excluding hydrogens is 250 g/mol. The number of rotatable bonds is 5. The standard InChI is InChI=1S/C17H21NO2/c1-12-10-17(20-4)13(2)9-14(12)11-18-15-5-7-16(19-3)8-6-15/h5-10,18H,11H2,1-4H3. The molecule has 0 amide bonds. The van der Waals surface area contributed by atoms with Crippen LogP contribution in [0.25, 0.3) is 0 Å². The van der Waals surface area contributed by atoms with Crippen molar-refractivity contribution in [3.05, 3.63) is 53.1 Å². The number of ether oxygens (including phenoxy) is 2. The van der Waals surface area contributed by atoms with Gasteiger partial charge in [-0.05, 0) is 60.9 Å². The Balaban J connectivity index is 2.08. The quantitative estimate of drug-likeness (QED) is 0.893. The normalized spacial score (nSPS) is 10.2. The highest BCUT2D eigenvalue weighted by Crippen LogP contribution is 2.23. The summed E-state index contributed by atoms with van der Waals surface area (Å²) in [4.78, 5) is 0. The van der Waals surface area contributed by atoms with E-state index in [0.29, 0.717) is 0 Å². The van der Waals surface area contributed by atoms with Crippen molar-refractivity contribution in [1.82, 2.24) is 0 Å². The predicted octanol–water partition coefficient (Wildman–Crippen LogP) is 3.93. The van der Waals surface area contributed by atoms with Gasteiger partial charge in [0.25, 0.3) is 0 Å². The van der Waals surface area contributed by atoms with Crippen LogP contribution in [0.5, 0.6) is 11.5 Å². The summed E-state index contributed by atoms with van der Waals surface area (Å²) in [5, 5.41) is 3.42.